The lowest BCUT2D eigenvalue weighted by Gasteiger charge is -2.21. The maximum Gasteiger partial charge on any atom is 0.261 e. The van der Waals surface area contributed by atoms with E-state index in [1.165, 1.54) is 24.3 Å². The van der Waals surface area contributed by atoms with E-state index in [0.29, 0.717) is 17.1 Å². The molecule has 0 atom stereocenters. The zero-order chi connectivity index (χ0) is 23.4. The maximum atomic E-state index is 12.6. The number of amides is 1. The van der Waals surface area contributed by atoms with E-state index in [4.69, 9.17) is 0 Å². The number of aryl methyl sites for hydroxylation is 1. The summed E-state index contributed by atoms with van der Waals surface area (Å²) in [5.41, 5.74) is 2.07. The number of carbonyl (C=O) groups is 1. The second-order valence-corrected chi connectivity index (χ2v) is 10.7. The van der Waals surface area contributed by atoms with E-state index in [1.54, 1.807) is 48.5 Å². The van der Waals surface area contributed by atoms with Crippen LogP contribution in [0.25, 0.3) is 0 Å². The number of benzene rings is 3. The summed E-state index contributed by atoms with van der Waals surface area (Å²) in [4.78, 5) is 12.5. The van der Waals surface area contributed by atoms with E-state index in [0.717, 1.165) is 16.1 Å². The fraction of sp³-hybridized carbons (Fsp3) is 0.136. The van der Waals surface area contributed by atoms with Crippen LogP contribution in [0.2, 0.25) is 0 Å². The molecule has 168 valence electrons. The number of sulfonamides is 2. The molecule has 0 heterocycles. The van der Waals surface area contributed by atoms with E-state index < -0.39 is 32.5 Å². The molecule has 0 saturated heterocycles. The molecule has 0 aromatic heterocycles. The first kappa shape index (κ1) is 23.3. The van der Waals surface area contributed by atoms with E-state index in [2.05, 4.69) is 10.0 Å². The third-order valence-electron chi connectivity index (χ3n) is 4.45. The number of nitrogens with zero attached hydrogens (tertiary/aromatic N) is 1. The Morgan fingerprint density at radius 1 is 0.844 bits per heavy atom. The van der Waals surface area contributed by atoms with Crippen LogP contribution in [0.5, 0.6) is 0 Å². The Morgan fingerprint density at radius 2 is 1.50 bits per heavy atom. The van der Waals surface area contributed by atoms with Gasteiger partial charge >= 0.3 is 0 Å². The summed E-state index contributed by atoms with van der Waals surface area (Å²) in [6, 6.07) is 20.9. The molecule has 0 aliphatic rings. The van der Waals surface area contributed by atoms with Crippen LogP contribution in [0.1, 0.15) is 5.56 Å². The van der Waals surface area contributed by atoms with Crippen LogP contribution in [-0.2, 0) is 24.8 Å². The molecular weight excluding hydrogens is 450 g/mol. The molecule has 0 saturated carbocycles. The number of para-hydroxylation sites is 1. The molecule has 0 fully saturated rings. The lowest BCUT2D eigenvalue weighted by molar-refractivity contribution is -0.114. The summed E-state index contributed by atoms with van der Waals surface area (Å²) in [6.45, 7) is 1.44. The minimum absolute atomic E-state index is 0.0269. The zero-order valence-electron chi connectivity index (χ0n) is 17.5. The van der Waals surface area contributed by atoms with E-state index in [1.807, 2.05) is 13.0 Å². The van der Waals surface area contributed by atoms with Crippen LogP contribution in [0.15, 0.2) is 83.8 Å². The third-order valence-corrected chi connectivity index (χ3v) is 6.99. The highest BCUT2D eigenvalue weighted by atomic mass is 32.2. The van der Waals surface area contributed by atoms with Gasteiger partial charge in [-0.05, 0) is 61.0 Å². The normalized spacial score (nSPS) is 11.6. The smallest absolute Gasteiger partial charge is 0.261 e. The standard InChI is InChI=1S/C22H23N3O5S2/c1-17-7-6-8-19(15-17)24-32(29,30)21-13-11-18(12-14-21)23-22(26)16-25(31(2,27)28)20-9-4-3-5-10-20/h3-15,24H,16H2,1-2H3,(H,23,26). The van der Waals surface area contributed by atoms with Gasteiger partial charge in [-0.2, -0.15) is 0 Å². The second-order valence-electron chi connectivity index (χ2n) is 7.15. The van der Waals surface area contributed by atoms with Crippen molar-refractivity contribution in [3.8, 4) is 0 Å². The molecule has 3 rings (SSSR count). The zero-order valence-corrected chi connectivity index (χ0v) is 19.2. The molecule has 32 heavy (non-hydrogen) atoms. The molecule has 0 aliphatic carbocycles. The molecule has 0 radical (unpaired) electrons. The molecule has 3 aromatic rings. The van der Waals surface area contributed by atoms with Gasteiger partial charge in [-0.15, -0.1) is 0 Å². The number of hydrogen-bond acceptors (Lipinski definition) is 5. The van der Waals surface area contributed by atoms with Crippen molar-refractivity contribution in [1.82, 2.24) is 0 Å². The van der Waals surface area contributed by atoms with Crippen molar-refractivity contribution in [3.05, 3.63) is 84.4 Å². The van der Waals surface area contributed by atoms with Crippen molar-refractivity contribution in [2.45, 2.75) is 11.8 Å². The van der Waals surface area contributed by atoms with Crippen molar-refractivity contribution in [3.63, 3.8) is 0 Å². The first-order valence-corrected chi connectivity index (χ1v) is 12.9. The molecule has 8 nitrogen and oxygen atoms in total. The first-order valence-electron chi connectivity index (χ1n) is 9.57. The van der Waals surface area contributed by atoms with Crippen LogP contribution >= 0.6 is 0 Å². The summed E-state index contributed by atoms with van der Waals surface area (Å²) in [5, 5.41) is 2.59. The van der Waals surface area contributed by atoms with Gasteiger partial charge in [0.15, 0.2) is 0 Å². The lowest BCUT2D eigenvalue weighted by atomic mass is 10.2. The highest BCUT2D eigenvalue weighted by Crippen LogP contribution is 2.20. The van der Waals surface area contributed by atoms with Crippen molar-refractivity contribution in [1.29, 1.82) is 0 Å². The van der Waals surface area contributed by atoms with Crippen LogP contribution in [-0.4, -0.2) is 35.5 Å². The van der Waals surface area contributed by atoms with Gasteiger partial charge in [-0.3, -0.25) is 13.8 Å². The predicted molar refractivity (Wildman–Crippen MR) is 126 cm³/mol. The Morgan fingerprint density at radius 3 is 2.09 bits per heavy atom. The van der Waals surface area contributed by atoms with E-state index in [-0.39, 0.29) is 4.90 Å². The molecular formula is C22H23N3O5S2. The topological polar surface area (TPSA) is 113 Å². The van der Waals surface area contributed by atoms with Crippen LogP contribution in [0.4, 0.5) is 17.1 Å². The van der Waals surface area contributed by atoms with Gasteiger partial charge < -0.3 is 5.32 Å². The summed E-state index contributed by atoms with van der Waals surface area (Å²) in [7, 11) is -7.48. The van der Waals surface area contributed by atoms with Gasteiger partial charge in [-0.25, -0.2) is 16.8 Å². The lowest BCUT2D eigenvalue weighted by Crippen LogP contribution is -2.37. The Labute approximate surface area is 188 Å². The van der Waals surface area contributed by atoms with Gasteiger partial charge in [0.05, 0.1) is 16.8 Å². The van der Waals surface area contributed by atoms with Gasteiger partial charge in [0.2, 0.25) is 15.9 Å². The second kappa shape index (κ2) is 9.41. The minimum Gasteiger partial charge on any atom is -0.325 e. The fourth-order valence-corrected chi connectivity index (χ4v) is 4.87. The molecule has 0 aliphatic heterocycles. The van der Waals surface area contributed by atoms with Gasteiger partial charge in [0.1, 0.15) is 6.54 Å². The van der Waals surface area contributed by atoms with E-state index >= 15 is 0 Å². The SMILES string of the molecule is Cc1cccc(NS(=O)(=O)c2ccc(NC(=O)CN(c3ccccc3)S(C)(=O)=O)cc2)c1. The molecule has 1 amide bonds. The number of rotatable bonds is 8. The molecule has 10 heteroatoms. The molecule has 2 N–H and O–H groups in total. The number of nitrogens with one attached hydrogen (secondary N) is 2. The predicted octanol–water partition coefficient (Wildman–Crippen LogP) is 3.20. The Hall–Kier alpha value is -3.37. The van der Waals surface area contributed by atoms with Crippen LogP contribution < -0.4 is 14.3 Å². The minimum atomic E-state index is -3.80. The number of anilines is 3. The third kappa shape index (κ3) is 6.08. The summed E-state index contributed by atoms with van der Waals surface area (Å²) in [5.74, 6) is -0.562. The number of carbonyl (C=O) groups excluding carboxylic acids is 1. The average Bonchev–Trinajstić information content (AvgIpc) is 2.72. The monoisotopic (exact) mass is 473 g/mol. The average molecular weight is 474 g/mol. The van der Waals surface area contributed by atoms with Crippen LogP contribution in [0, 0.1) is 6.92 Å². The highest BCUT2D eigenvalue weighted by Gasteiger charge is 2.21. The molecule has 0 bridgehead atoms. The summed E-state index contributed by atoms with van der Waals surface area (Å²) in [6.07, 6.45) is 1.02. The quantitative estimate of drug-likeness (QED) is 0.522. The molecule has 0 spiro atoms. The van der Waals surface area contributed by atoms with Gasteiger partial charge in [0.25, 0.3) is 10.0 Å². The van der Waals surface area contributed by atoms with Crippen molar-refractivity contribution >= 4 is 43.0 Å². The van der Waals surface area contributed by atoms with Crippen molar-refractivity contribution in [2.75, 3.05) is 27.1 Å². The molecule has 3 aromatic carbocycles. The Balaban J connectivity index is 1.70. The van der Waals surface area contributed by atoms with Crippen molar-refractivity contribution < 1.29 is 21.6 Å². The van der Waals surface area contributed by atoms with Crippen molar-refractivity contribution in [2.24, 2.45) is 0 Å². The summed E-state index contributed by atoms with van der Waals surface area (Å²) < 4.78 is 52.9. The van der Waals surface area contributed by atoms with E-state index in [9.17, 15) is 21.6 Å². The summed E-state index contributed by atoms with van der Waals surface area (Å²) >= 11 is 0. The largest absolute Gasteiger partial charge is 0.325 e. The maximum absolute atomic E-state index is 12.6. The van der Waals surface area contributed by atoms with Gasteiger partial charge in [-0.1, -0.05) is 30.3 Å². The molecule has 0 unspecified atom stereocenters. The Kier molecular flexibility index (Phi) is 6.85. The highest BCUT2D eigenvalue weighted by molar-refractivity contribution is 7.92. The Bertz CT molecular complexity index is 1310. The number of hydrogen-bond donors (Lipinski definition) is 2. The first-order chi connectivity index (χ1) is 15.0. The van der Waals surface area contributed by atoms with Gasteiger partial charge in [0, 0.05) is 11.4 Å². The fourth-order valence-electron chi connectivity index (χ4n) is 2.97. The van der Waals surface area contributed by atoms with Crippen LogP contribution in [0.3, 0.4) is 0 Å².